The van der Waals surface area contributed by atoms with Crippen molar-refractivity contribution in [3.8, 4) is 0 Å². The fraction of sp³-hybridized carbons (Fsp3) is 0.733. The van der Waals surface area contributed by atoms with Crippen LogP contribution in [0.2, 0.25) is 0 Å². The number of nitrogens with zero attached hydrogens (tertiary/aromatic N) is 2. The minimum absolute atomic E-state index is 0.661. The normalized spacial score (nSPS) is 24.4. The maximum atomic E-state index is 4.39. The highest BCUT2D eigenvalue weighted by atomic mass is 14.9. The Balaban J connectivity index is 1.81. The van der Waals surface area contributed by atoms with Crippen molar-refractivity contribution in [3.63, 3.8) is 0 Å². The molecular formula is C15H25N3. The summed E-state index contributed by atoms with van der Waals surface area (Å²) in [5.74, 6) is 1.70. The maximum absolute atomic E-state index is 4.39. The van der Waals surface area contributed by atoms with Gasteiger partial charge in [-0.05, 0) is 31.6 Å². The Kier molecular flexibility index (Phi) is 4.70. The topological polar surface area (TPSA) is 37.8 Å². The summed E-state index contributed by atoms with van der Waals surface area (Å²) in [6, 6.07) is 0.661. The molecule has 2 rings (SSSR count). The fourth-order valence-electron chi connectivity index (χ4n) is 2.78. The van der Waals surface area contributed by atoms with Crippen LogP contribution in [0.1, 0.15) is 50.9 Å². The molecule has 1 N–H and O–H groups in total. The number of aromatic nitrogens is 2. The highest BCUT2D eigenvalue weighted by Crippen LogP contribution is 2.29. The Labute approximate surface area is 110 Å². The van der Waals surface area contributed by atoms with Crippen molar-refractivity contribution in [1.29, 1.82) is 0 Å². The van der Waals surface area contributed by atoms with Gasteiger partial charge in [-0.15, -0.1) is 0 Å². The van der Waals surface area contributed by atoms with Crippen molar-refractivity contribution in [2.24, 2.45) is 11.8 Å². The zero-order valence-electron chi connectivity index (χ0n) is 11.8. The molecule has 100 valence electrons. The first kappa shape index (κ1) is 13.5. The van der Waals surface area contributed by atoms with E-state index in [2.05, 4.69) is 29.1 Å². The standard InChI is InChI=1S/C15H25N3/c1-11(2)13-5-4-6-14(7-13)18-10-15-9-16-12(3)8-17-15/h8-9,11,13-14,18H,4-7,10H2,1-3H3. The molecule has 3 heteroatoms. The monoisotopic (exact) mass is 247 g/mol. The van der Waals surface area contributed by atoms with E-state index < -0.39 is 0 Å². The smallest absolute Gasteiger partial charge is 0.0724 e. The fourth-order valence-corrected chi connectivity index (χ4v) is 2.78. The lowest BCUT2D eigenvalue weighted by Gasteiger charge is -2.32. The largest absolute Gasteiger partial charge is 0.308 e. The molecule has 1 fully saturated rings. The second kappa shape index (κ2) is 6.28. The van der Waals surface area contributed by atoms with Crippen molar-refractivity contribution in [2.45, 2.75) is 59.0 Å². The van der Waals surface area contributed by atoms with Crippen LogP contribution in [0.4, 0.5) is 0 Å². The van der Waals surface area contributed by atoms with E-state index in [1.165, 1.54) is 25.7 Å². The molecule has 2 atom stereocenters. The molecule has 1 heterocycles. The van der Waals surface area contributed by atoms with Gasteiger partial charge in [-0.25, -0.2) is 0 Å². The van der Waals surface area contributed by atoms with E-state index in [4.69, 9.17) is 0 Å². The van der Waals surface area contributed by atoms with Crippen LogP contribution < -0.4 is 5.32 Å². The van der Waals surface area contributed by atoms with Crippen molar-refractivity contribution >= 4 is 0 Å². The zero-order valence-corrected chi connectivity index (χ0v) is 11.8. The predicted octanol–water partition coefficient (Wildman–Crippen LogP) is 3.09. The van der Waals surface area contributed by atoms with Gasteiger partial charge < -0.3 is 5.32 Å². The van der Waals surface area contributed by atoms with Crippen molar-refractivity contribution in [2.75, 3.05) is 0 Å². The van der Waals surface area contributed by atoms with Gasteiger partial charge >= 0.3 is 0 Å². The third kappa shape index (κ3) is 3.77. The first-order chi connectivity index (χ1) is 8.65. The summed E-state index contributed by atoms with van der Waals surface area (Å²) < 4.78 is 0. The molecule has 0 aliphatic heterocycles. The Morgan fingerprint density at radius 2 is 2.11 bits per heavy atom. The molecule has 1 saturated carbocycles. The summed E-state index contributed by atoms with van der Waals surface area (Å²) in [7, 11) is 0. The van der Waals surface area contributed by atoms with E-state index in [1.807, 2.05) is 19.3 Å². The summed E-state index contributed by atoms with van der Waals surface area (Å²) in [5, 5.41) is 3.64. The van der Waals surface area contributed by atoms with Crippen LogP contribution in [0.25, 0.3) is 0 Å². The third-order valence-electron chi connectivity index (χ3n) is 4.06. The van der Waals surface area contributed by atoms with Crippen LogP contribution in [0.5, 0.6) is 0 Å². The predicted molar refractivity (Wildman–Crippen MR) is 74.2 cm³/mol. The second-order valence-corrected chi connectivity index (χ2v) is 5.90. The molecule has 0 bridgehead atoms. The highest BCUT2D eigenvalue weighted by molar-refractivity contribution is 5.00. The van der Waals surface area contributed by atoms with E-state index in [0.717, 1.165) is 29.8 Å². The quantitative estimate of drug-likeness (QED) is 0.888. The Morgan fingerprint density at radius 1 is 1.28 bits per heavy atom. The lowest BCUT2D eigenvalue weighted by atomic mass is 9.79. The number of nitrogens with one attached hydrogen (secondary N) is 1. The third-order valence-corrected chi connectivity index (χ3v) is 4.06. The van der Waals surface area contributed by atoms with E-state index in [1.54, 1.807) is 0 Å². The van der Waals surface area contributed by atoms with Gasteiger partial charge in [-0.2, -0.15) is 0 Å². The van der Waals surface area contributed by atoms with Crippen molar-refractivity contribution in [3.05, 3.63) is 23.8 Å². The summed E-state index contributed by atoms with van der Waals surface area (Å²) >= 11 is 0. The Morgan fingerprint density at radius 3 is 2.78 bits per heavy atom. The van der Waals surface area contributed by atoms with Crippen LogP contribution in [0, 0.1) is 18.8 Å². The van der Waals surface area contributed by atoms with Gasteiger partial charge in [-0.1, -0.05) is 26.7 Å². The van der Waals surface area contributed by atoms with Gasteiger partial charge in [0.05, 0.1) is 11.4 Å². The minimum Gasteiger partial charge on any atom is -0.308 e. The van der Waals surface area contributed by atoms with Gasteiger partial charge in [-0.3, -0.25) is 9.97 Å². The van der Waals surface area contributed by atoms with Crippen LogP contribution in [0.3, 0.4) is 0 Å². The molecule has 18 heavy (non-hydrogen) atoms. The molecular weight excluding hydrogens is 222 g/mol. The van der Waals surface area contributed by atoms with Crippen LogP contribution in [-0.4, -0.2) is 16.0 Å². The van der Waals surface area contributed by atoms with E-state index in [9.17, 15) is 0 Å². The average molecular weight is 247 g/mol. The highest BCUT2D eigenvalue weighted by Gasteiger charge is 2.23. The Hall–Kier alpha value is -0.960. The summed E-state index contributed by atoms with van der Waals surface area (Å²) in [4.78, 5) is 8.68. The molecule has 2 unspecified atom stereocenters. The number of hydrogen-bond donors (Lipinski definition) is 1. The molecule has 1 aromatic heterocycles. The molecule has 0 spiro atoms. The van der Waals surface area contributed by atoms with Crippen LogP contribution >= 0.6 is 0 Å². The maximum Gasteiger partial charge on any atom is 0.0724 e. The summed E-state index contributed by atoms with van der Waals surface area (Å²) in [5.41, 5.74) is 2.03. The molecule has 1 aliphatic rings. The first-order valence-corrected chi connectivity index (χ1v) is 7.16. The lowest BCUT2D eigenvalue weighted by Crippen LogP contribution is -2.35. The Bertz CT molecular complexity index is 359. The van der Waals surface area contributed by atoms with Gasteiger partial charge in [0.15, 0.2) is 0 Å². The van der Waals surface area contributed by atoms with Crippen LogP contribution in [0.15, 0.2) is 12.4 Å². The average Bonchev–Trinajstić information content (AvgIpc) is 2.38. The summed E-state index contributed by atoms with van der Waals surface area (Å²) in [6.45, 7) is 7.51. The molecule has 0 radical (unpaired) electrons. The first-order valence-electron chi connectivity index (χ1n) is 7.16. The lowest BCUT2D eigenvalue weighted by molar-refractivity contribution is 0.230. The van der Waals surface area contributed by atoms with Gasteiger partial charge in [0.25, 0.3) is 0 Å². The van der Waals surface area contributed by atoms with Crippen molar-refractivity contribution < 1.29 is 0 Å². The number of aryl methyl sites for hydroxylation is 1. The van der Waals surface area contributed by atoms with Crippen LogP contribution in [-0.2, 0) is 6.54 Å². The van der Waals surface area contributed by atoms with Crippen molar-refractivity contribution in [1.82, 2.24) is 15.3 Å². The minimum atomic E-state index is 0.661. The molecule has 0 aromatic carbocycles. The summed E-state index contributed by atoms with van der Waals surface area (Å²) in [6.07, 6.45) is 9.11. The van der Waals surface area contributed by atoms with E-state index in [0.29, 0.717) is 6.04 Å². The van der Waals surface area contributed by atoms with Gasteiger partial charge in [0, 0.05) is 25.0 Å². The SMILES string of the molecule is Cc1cnc(CNC2CCCC(C(C)C)C2)cn1. The molecule has 1 aliphatic carbocycles. The van der Waals surface area contributed by atoms with Gasteiger partial charge in [0.1, 0.15) is 0 Å². The zero-order chi connectivity index (χ0) is 13.0. The van der Waals surface area contributed by atoms with E-state index in [-0.39, 0.29) is 0 Å². The number of hydrogen-bond acceptors (Lipinski definition) is 3. The van der Waals surface area contributed by atoms with E-state index >= 15 is 0 Å². The second-order valence-electron chi connectivity index (χ2n) is 5.90. The molecule has 0 saturated heterocycles. The molecule has 1 aromatic rings. The van der Waals surface area contributed by atoms with Gasteiger partial charge in [0.2, 0.25) is 0 Å². The number of rotatable bonds is 4. The molecule has 3 nitrogen and oxygen atoms in total. The molecule has 0 amide bonds.